The molecule has 4 aromatic carbocycles. The van der Waals surface area contributed by atoms with Crippen LogP contribution in [0, 0.1) is 5.82 Å². The molecule has 0 saturated heterocycles. The third kappa shape index (κ3) is 3.25. The van der Waals surface area contributed by atoms with Crippen LogP contribution < -0.4 is 4.74 Å². The lowest BCUT2D eigenvalue weighted by Gasteiger charge is -2.38. The van der Waals surface area contributed by atoms with Crippen molar-refractivity contribution < 1.29 is 9.13 Å². The molecule has 156 valence electrons. The third-order valence-corrected chi connectivity index (χ3v) is 6.18. The topological polar surface area (TPSA) is 24.8 Å². The number of hydrogen-bond donors (Lipinski definition) is 0. The molecule has 0 amide bonds. The highest BCUT2D eigenvalue weighted by atomic mass is 19.1. The first kappa shape index (κ1) is 18.8. The second-order valence-electron chi connectivity index (χ2n) is 8.15. The van der Waals surface area contributed by atoms with Gasteiger partial charge in [-0.05, 0) is 34.9 Å². The molecular weight excluding hydrogens is 399 g/mol. The summed E-state index contributed by atoms with van der Waals surface area (Å²) in [5.74, 6) is 0.601. The second kappa shape index (κ2) is 7.65. The van der Waals surface area contributed by atoms with E-state index in [1.807, 2.05) is 29.3 Å². The van der Waals surface area contributed by atoms with Crippen LogP contribution >= 0.6 is 0 Å². The number of para-hydroxylation sites is 1. The zero-order valence-electron chi connectivity index (χ0n) is 17.4. The number of ether oxygens (including phenoxy) is 1. The summed E-state index contributed by atoms with van der Waals surface area (Å²) < 4.78 is 19.8. The van der Waals surface area contributed by atoms with Crippen molar-refractivity contribution in [2.75, 3.05) is 0 Å². The van der Waals surface area contributed by atoms with Crippen LogP contribution in [0.15, 0.2) is 108 Å². The van der Waals surface area contributed by atoms with Crippen molar-refractivity contribution in [2.24, 2.45) is 5.10 Å². The molecule has 0 N–H and O–H groups in total. The van der Waals surface area contributed by atoms with E-state index in [1.54, 1.807) is 12.1 Å². The van der Waals surface area contributed by atoms with Gasteiger partial charge in [0, 0.05) is 17.5 Å². The van der Waals surface area contributed by atoms with Gasteiger partial charge in [-0.1, -0.05) is 84.9 Å². The molecule has 0 radical (unpaired) electrons. The normalized spacial score (nSPS) is 19.0. The van der Waals surface area contributed by atoms with Gasteiger partial charge in [0.05, 0.1) is 11.8 Å². The van der Waals surface area contributed by atoms with Crippen LogP contribution in [-0.4, -0.2) is 10.7 Å². The van der Waals surface area contributed by atoms with Gasteiger partial charge in [0.1, 0.15) is 11.6 Å². The number of fused-ring (bicyclic) bond motifs is 3. The molecular formula is C28H21FN2O. The highest BCUT2D eigenvalue weighted by molar-refractivity contribution is 6.02. The second-order valence-corrected chi connectivity index (χ2v) is 8.15. The van der Waals surface area contributed by atoms with E-state index in [2.05, 4.69) is 54.6 Å². The molecule has 0 bridgehead atoms. The Bertz CT molecular complexity index is 1280. The molecule has 0 spiro atoms. The predicted molar refractivity (Wildman–Crippen MR) is 124 cm³/mol. The maximum Gasteiger partial charge on any atom is 0.213 e. The molecule has 2 heterocycles. The van der Waals surface area contributed by atoms with Crippen LogP contribution in [0.1, 0.15) is 35.4 Å². The summed E-state index contributed by atoms with van der Waals surface area (Å²) in [6, 6.07) is 33.6. The molecule has 0 aromatic heterocycles. The maximum atomic E-state index is 13.5. The Balaban J connectivity index is 1.36. The summed E-state index contributed by atoms with van der Waals surface area (Å²) in [6.45, 7) is 0. The average molecular weight is 420 g/mol. The molecule has 4 aromatic rings. The van der Waals surface area contributed by atoms with Crippen molar-refractivity contribution in [3.05, 3.63) is 126 Å². The van der Waals surface area contributed by atoms with Crippen LogP contribution in [0.4, 0.5) is 4.39 Å². The number of hydrazone groups is 1. The summed E-state index contributed by atoms with van der Waals surface area (Å²) in [4.78, 5) is 0. The van der Waals surface area contributed by atoms with Crippen LogP contribution in [-0.2, 0) is 0 Å². The summed E-state index contributed by atoms with van der Waals surface area (Å²) in [5, 5.41) is 7.02. The number of benzene rings is 4. The molecule has 2 aliphatic rings. The minimum absolute atomic E-state index is 0.0822. The lowest BCUT2D eigenvalue weighted by atomic mass is 9.95. The number of rotatable bonds is 3. The Kier molecular flexibility index (Phi) is 4.50. The molecule has 0 aliphatic carbocycles. The van der Waals surface area contributed by atoms with Crippen molar-refractivity contribution >= 4 is 5.71 Å². The van der Waals surface area contributed by atoms with Crippen molar-refractivity contribution in [3.8, 4) is 16.9 Å². The van der Waals surface area contributed by atoms with Gasteiger partial charge < -0.3 is 4.74 Å². The standard InChI is InChI=1S/C28H21FN2O/c29-23-16-14-22(15-17-23)28-31-26(24-8-4-5-9-27(24)32-28)18-25(30-31)21-12-10-20(11-13-21)19-6-2-1-3-7-19/h1-17,26,28H,18H2. The first-order valence-electron chi connectivity index (χ1n) is 10.8. The molecule has 0 fully saturated rings. The third-order valence-electron chi connectivity index (χ3n) is 6.18. The van der Waals surface area contributed by atoms with Gasteiger partial charge in [-0.15, -0.1) is 0 Å². The van der Waals surface area contributed by atoms with Gasteiger partial charge in [0.15, 0.2) is 0 Å². The van der Waals surface area contributed by atoms with Crippen LogP contribution in [0.5, 0.6) is 5.75 Å². The molecule has 2 unspecified atom stereocenters. The van der Waals surface area contributed by atoms with E-state index in [9.17, 15) is 4.39 Å². The van der Waals surface area contributed by atoms with Crippen LogP contribution in [0.3, 0.4) is 0 Å². The lowest BCUT2D eigenvalue weighted by Crippen LogP contribution is -2.33. The number of halogens is 1. The van der Waals surface area contributed by atoms with Gasteiger partial charge in [0.2, 0.25) is 6.23 Å². The first-order chi connectivity index (χ1) is 15.8. The van der Waals surface area contributed by atoms with Gasteiger partial charge >= 0.3 is 0 Å². The molecule has 0 saturated carbocycles. The van der Waals surface area contributed by atoms with Crippen molar-refractivity contribution in [1.29, 1.82) is 0 Å². The quantitative estimate of drug-likeness (QED) is 0.367. The highest BCUT2D eigenvalue weighted by Crippen LogP contribution is 2.47. The number of hydrogen-bond acceptors (Lipinski definition) is 3. The summed E-state index contributed by atoms with van der Waals surface area (Å²) in [5.41, 5.74) is 6.53. The fourth-order valence-electron chi connectivity index (χ4n) is 4.54. The van der Waals surface area contributed by atoms with E-state index in [0.29, 0.717) is 0 Å². The summed E-state index contributed by atoms with van der Waals surface area (Å²) >= 11 is 0. The monoisotopic (exact) mass is 420 g/mol. The number of nitrogens with zero attached hydrogens (tertiary/aromatic N) is 2. The van der Waals surface area contributed by atoms with E-state index in [4.69, 9.17) is 9.84 Å². The summed E-state index contributed by atoms with van der Waals surface area (Å²) in [6.07, 6.45) is 0.402. The first-order valence-corrected chi connectivity index (χ1v) is 10.8. The Morgan fingerprint density at radius 1 is 0.719 bits per heavy atom. The smallest absolute Gasteiger partial charge is 0.213 e. The van der Waals surface area contributed by atoms with Crippen molar-refractivity contribution in [3.63, 3.8) is 0 Å². The van der Waals surface area contributed by atoms with Crippen molar-refractivity contribution in [1.82, 2.24) is 5.01 Å². The average Bonchev–Trinajstić information content (AvgIpc) is 3.31. The Labute approximate surface area is 186 Å². The fourth-order valence-corrected chi connectivity index (χ4v) is 4.54. The molecule has 2 atom stereocenters. The van der Waals surface area contributed by atoms with Gasteiger partial charge in [-0.3, -0.25) is 0 Å². The van der Waals surface area contributed by atoms with E-state index < -0.39 is 6.23 Å². The molecule has 4 heteroatoms. The van der Waals surface area contributed by atoms with E-state index in [-0.39, 0.29) is 11.9 Å². The van der Waals surface area contributed by atoms with E-state index in [1.165, 1.54) is 23.3 Å². The molecule has 2 aliphatic heterocycles. The van der Waals surface area contributed by atoms with Crippen molar-refractivity contribution in [2.45, 2.75) is 18.7 Å². The highest BCUT2D eigenvalue weighted by Gasteiger charge is 2.40. The van der Waals surface area contributed by atoms with Crippen LogP contribution in [0.25, 0.3) is 11.1 Å². The molecule has 6 rings (SSSR count). The van der Waals surface area contributed by atoms with Gasteiger partial charge in [-0.2, -0.15) is 5.10 Å². The minimum atomic E-state index is -0.392. The Morgan fingerprint density at radius 2 is 1.38 bits per heavy atom. The minimum Gasteiger partial charge on any atom is -0.464 e. The largest absolute Gasteiger partial charge is 0.464 e. The lowest BCUT2D eigenvalue weighted by molar-refractivity contribution is -0.0190. The molecule has 32 heavy (non-hydrogen) atoms. The van der Waals surface area contributed by atoms with Gasteiger partial charge in [0.25, 0.3) is 0 Å². The van der Waals surface area contributed by atoms with Gasteiger partial charge in [-0.25, -0.2) is 9.40 Å². The zero-order chi connectivity index (χ0) is 21.5. The molecule has 3 nitrogen and oxygen atoms in total. The Hall–Kier alpha value is -3.92. The fraction of sp³-hybridized carbons (Fsp3) is 0.107. The maximum absolute atomic E-state index is 13.5. The predicted octanol–water partition coefficient (Wildman–Crippen LogP) is 6.74. The SMILES string of the molecule is Fc1ccc(C2Oc3ccccc3C3CC(c4ccc(-c5ccccc5)cc4)=NN32)cc1. The van der Waals surface area contributed by atoms with Crippen LogP contribution in [0.2, 0.25) is 0 Å². The van der Waals surface area contributed by atoms with E-state index in [0.717, 1.165) is 34.6 Å². The Morgan fingerprint density at radius 3 is 2.16 bits per heavy atom. The van der Waals surface area contributed by atoms with E-state index >= 15 is 0 Å². The summed E-state index contributed by atoms with van der Waals surface area (Å²) in [7, 11) is 0. The zero-order valence-corrected chi connectivity index (χ0v) is 17.4.